The van der Waals surface area contributed by atoms with E-state index < -0.39 is 10.7 Å². The van der Waals surface area contributed by atoms with Crippen LogP contribution in [0.3, 0.4) is 0 Å². The van der Waals surface area contributed by atoms with E-state index in [0.29, 0.717) is 50.1 Å². The average Bonchev–Trinajstić information content (AvgIpc) is 2.71. The highest BCUT2D eigenvalue weighted by Gasteiger charge is 2.60. The summed E-state index contributed by atoms with van der Waals surface area (Å²) in [6.45, 7) is 8.34. The van der Waals surface area contributed by atoms with Crippen molar-refractivity contribution in [2.24, 2.45) is 22.7 Å². The minimum atomic E-state index is -3.13. The number of carbonyl (C=O) groups is 1. The van der Waals surface area contributed by atoms with Gasteiger partial charge in [0, 0.05) is 18.6 Å². The molecule has 4 rings (SSSR count). The molecule has 1 N–H and O–H groups in total. The molecule has 0 amide bonds. The van der Waals surface area contributed by atoms with Gasteiger partial charge in [0.05, 0.1) is 13.2 Å². The van der Waals surface area contributed by atoms with Gasteiger partial charge in [0.15, 0.2) is 6.29 Å². The van der Waals surface area contributed by atoms with Gasteiger partial charge in [0.25, 0.3) is 0 Å². The van der Waals surface area contributed by atoms with E-state index in [4.69, 9.17) is 19.5 Å². The van der Waals surface area contributed by atoms with Crippen molar-refractivity contribution in [1.82, 2.24) is 0 Å². The second kappa shape index (κ2) is 11.3. The Morgan fingerprint density at radius 2 is 1.79 bits per heavy atom. The SMILES string of the molecule is C=C(C)C(=O)OCCCCOC(C)OCC12CC3CC(C1)CC(CC(F)(F)SOOO)(C3)C2. The maximum Gasteiger partial charge on any atom is 0.333 e. The van der Waals surface area contributed by atoms with Gasteiger partial charge in [0.2, 0.25) is 0 Å². The first kappa shape index (κ1) is 26.8. The van der Waals surface area contributed by atoms with E-state index in [2.05, 4.69) is 16.0 Å². The molecule has 0 saturated heterocycles. The second-order valence-electron chi connectivity index (χ2n) is 10.4. The number of unbranched alkanes of at least 4 members (excludes halogenated alkanes) is 1. The monoisotopic (exact) mass is 494 g/mol. The van der Waals surface area contributed by atoms with Crippen LogP contribution in [-0.2, 0) is 28.4 Å². The molecule has 0 aliphatic heterocycles. The fraction of sp³-hybridized carbons (Fsp3) is 0.870. The lowest BCUT2D eigenvalue weighted by molar-refractivity contribution is -0.433. The Morgan fingerprint density at radius 3 is 2.42 bits per heavy atom. The number of hydrogen-bond donors (Lipinski definition) is 1. The number of rotatable bonds is 15. The van der Waals surface area contributed by atoms with Crippen LogP contribution in [0.2, 0.25) is 0 Å². The van der Waals surface area contributed by atoms with Crippen molar-refractivity contribution in [1.29, 1.82) is 0 Å². The smallest absolute Gasteiger partial charge is 0.333 e. The molecule has 0 radical (unpaired) electrons. The summed E-state index contributed by atoms with van der Waals surface area (Å²) in [5.74, 6) is 0.513. The van der Waals surface area contributed by atoms with Crippen LogP contribution in [0.25, 0.3) is 0 Å². The van der Waals surface area contributed by atoms with Crippen molar-refractivity contribution in [2.45, 2.75) is 83.2 Å². The lowest BCUT2D eigenvalue weighted by Crippen LogP contribution is -2.55. The zero-order chi connectivity index (χ0) is 24.1. The average molecular weight is 495 g/mol. The summed E-state index contributed by atoms with van der Waals surface area (Å²) in [5.41, 5.74) is -0.142. The van der Waals surface area contributed by atoms with E-state index in [9.17, 15) is 13.6 Å². The van der Waals surface area contributed by atoms with Gasteiger partial charge in [-0.2, -0.15) is 8.78 Å². The first-order chi connectivity index (χ1) is 15.6. The molecule has 4 aliphatic carbocycles. The van der Waals surface area contributed by atoms with Gasteiger partial charge < -0.3 is 14.2 Å². The van der Waals surface area contributed by atoms with Gasteiger partial charge >= 0.3 is 11.2 Å². The summed E-state index contributed by atoms with van der Waals surface area (Å²) >= 11 is -0.126. The van der Waals surface area contributed by atoms with E-state index in [1.54, 1.807) is 6.92 Å². The summed E-state index contributed by atoms with van der Waals surface area (Å²) in [7, 11) is 0. The summed E-state index contributed by atoms with van der Waals surface area (Å²) < 4.78 is 49.8. The molecule has 33 heavy (non-hydrogen) atoms. The molecular weight excluding hydrogens is 458 g/mol. The summed E-state index contributed by atoms with van der Waals surface area (Å²) in [6, 6.07) is 0. The molecule has 3 atom stereocenters. The maximum absolute atomic E-state index is 14.4. The van der Waals surface area contributed by atoms with Crippen LogP contribution in [-0.4, -0.2) is 42.6 Å². The van der Waals surface area contributed by atoms with Crippen molar-refractivity contribution in [3.05, 3.63) is 12.2 Å². The third-order valence-corrected chi connectivity index (χ3v) is 7.68. The Morgan fingerprint density at radius 1 is 1.15 bits per heavy atom. The number of esters is 1. The lowest BCUT2D eigenvalue weighted by atomic mass is 9.43. The van der Waals surface area contributed by atoms with Gasteiger partial charge in [-0.1, -0.05) is 11.6 Å². The molecule has 0 aromatic rings. The Hall–Kier alpha value is -0.780. The molecule has 4 bridgehead atoms. The predicted octanol–water partition coefficient (Wildman–Crippen LogP) is 5.90. The second-order valence-corrected chi connectivity index (χ2v) is 11.3. The van der Waals surface area contributed by atoms with E-state index >= 15 is 0 Å². The number of ether oxygens (including phenoxy) is 3. The predicted molar refractivity (Wildman–Crippen MR) is 118 cm³/mol. The number of hydrogen-bond acceptors (Lipinski definition) is 8. The van der Waals surface area contributed by atoms with Crippen LogP contribution in [0.15, 0.2) is 12.2 Å². The van der Waals surface area contributed by atoms with Crippen LogP contribution in [0.5, 0.6) is 0 Å². The molecule has 0 heterocycles. The van der Waals surface area contributed by atoms with Crippen LogP contribution in [0.1, 0.15) is 71.6 Å². The van der Waals surface area contributed by atoms with Crippen molar-refractivity contribution in [2.75, 3.05) is 19.8 Å². The van der Waals surface area contributed by atoms with Crippen molar-refractivity contribution in [3.8, 4) is 0 Å². The quantitative estimate of drug-likeness (QED) is 0.0573. The van der Waals surface area contributed by atoms with Gasteiger partial charge in [0.1, 0.15) is 12.0 Å². The summed E-state index contributed by atoms with van der Waals surface area (Å²) in [5, 5.41) is 8.49. The molecular formula is C23H36F2O7S. The third-order valence-electron chi connectivity index (χ3n) is 7.17. The molecule has 10 heteroatoms. The first-order valence-electron chi connectivity index (χ1n) is 11.7. The van der Waals surface area contributed by atoms with Gasteiger partial charge in [-0.05, 0) is 87.9 Å². The molecule has 3 unspecified atom stereocenters. The molecule has 0 aromatic carbocycles. The minimum Gasteiger partial charge on any atom is -0.462 e. The molecule has 4 fully saturated rings. The molecule has 4 saturated carbocycles. The van der Waals surface area contributed by atoms with Gasteiger partial charge in [-0.3, -0.25) is 0 Å². The lowest BCUT2D eigenvalue weighted by Gasteiger charge is -2.62. The topological polar surface area (TPSA) is 83.5 Å². The molecule has 0 aromatic heterocycles. The minimum absolute atomic E-state index is 0.0897. The Balaban J connectivity index is 1.43. The summed E-state index contributed by atoms with van der Waals surface area (Å²) in [6.07, 6.45) is 6.23. The van der Waals surface area contributed by atoms with Crippen LogP contribution in [0, 0.1) is 22.7 Å². The van der Waals surface area contributed by atoms with E-state index in [0.717, 1.165) is 38.5 Å². The van der Waals surface area contributed by atoms with Crippen molar-refractivity contribution in [3.63, 3.8) is 0 Å². The molecule has 4 aliphatic rings. The van der Waals surface area contributed by atoms with Crippen LogP contribution < -0.4 is 0 Å². The normalized spacial score (nSPS) is 31.5. The molecule has 190 valence electrons. The molecule has 0 spiro atoms. The fourth-order valence-electron chi connectivity index (χ4n) is 6.64. The zero-order valence-corrected chi connectivity index (χ0v) is 20.3. The van der Waals surface area contributed by atoms with Crippen molar-refractivity contribution < 1.29 is 42.4 Å². The van der Waals surface area contributed by atoms with Crippen LogP contribution in [0.4, 0.5) is 8.78 Å². The summed E-state index contributed by atoms with van der Waals surface area (Å²) in [4.78, 5) is 11.3. The van der Waals surface area contributed by atoms with Gasteiger partial charge in [-0.15, -0.1) is 4.33 Å². The Bertz CT molecular complexity index is 676. The zero-order valence-electron chi connectivity index (χ0n) is 19.5. The Kier molecular flexibility index (Phi) is 9.19. The number of carbonyl (C=O) groups excluding carboxylic acids is 1. The number of halogens is 2. The standard InChI is InChI=1S/C23H36F2O7S/c1-16(2)20(26)29-7-5-4-6-28-17(3)30-15-22-11-18-8-19(12-22)10-21(9-18,13-22)14-23(24,25)33-32-31-27/h17-19,27H,1,4-15H2,2-3H3. The van der Waals surface area contributed by atoms with Gasteiger partial charge in [-0.25, -0.2) is 10.1 Å². The van der Waals surface area contributed by atoms with E-state index in [1.165, 1.54) is 0 Å². The maximum atomic E-state index is 14.4. The highest BCUT2D eigenvalue weighted by molar-refractivity contribution is 7.95. The highest BCUT2D eigenvalue weighted by Crippen LogP contribution is 2.68. The van der Waals surface area contributed by atoms with Crippen LogP contribution >= 0.6 is 12.0 Å². The molecule has 7 nitrogen and oxygen atoms in total. The van der Waals surface area contributed by atoms with E-state index in [-0.39, 0.29) is 36.1 Å². The Labute approximate surface area is 198 Å². The highest BCUT2D eigenvalue weighted by atomic mass is 32.2. The number of alkyl halides is 2. The first-order valence-corrected chi connectivity index (χ1v) is 12.4. The third kappa shape index (κ3) is 7.60. The van der Waals surface area contributed by atoms with E-state index in [1.807, 2.05) is 6.92 Å². The fourth-order valence-corrected chi connectivity index (χ4v) is 7.13. The van der Waals surface area contributed by atoms with Crippen molar-refractivity contribution >= 4 is 18.0 Å². The largest absolute Gasteiger partial charge is 0.462 e.